The van der Waals surface area contributed by atoms with E-state index >= 15 is 0 Å². The van der Waals surface area contributed by atoms with Crippen molar-refractivity contribution in [2.75, 3.05) is 5.73 Å². The van der Waals surface area contributed by atoms with Gasteiger partial charge in [-0.1, -0.05) is 20.8 Å². The molecule has 2 heterocycles. The first kappa shape index (κ1) is 8.99. The summed E-state index contributed by atoms with van der Waals surface area (Å²) in [6.45, 7) is 6.44. The number of rotatable bonds is 0. The summed E-state index contributed by atoms with van der Waals surface area (Å²) in [7, 11) is 0. The molecule has 4 heteroatoms. The van der Waals surface area contributed by atoms with Crippen LogP contribution in [0.2, 0.25) is 0 Å². The largest absolute Gasteiger partial charge is 0.382 e. The van der Waals surface area contributed by atoms with Gasteiger partial charge in [0.25, 0.3) is 0 Å². The molecular weight excluding hydrogens is 176 g/mol. The Kier molecular flexibility index (Phi) is 1.74. The number of hydrogen-bond acceptors (Lipinski definition) is 3. The molecule has 0 saturated heterocycles. The fourth-order valence-corrected chi connectivity index (χ4v) is 1.58. The molecule has 0 amide bonds. The highest BCUT2D eigenvalue weighted by molar-refractivity contribution is 5.71. The van der Waals surface area contributed by atoms with E-state index in [-0.39, 0.29) is 5.41 Å². The molecule has 14 heavy (non-hydrogen) atoms. The van der Waals surface area contributed by atoms with Gasteiger partial charge in [-0.2, -0.15) is 5.10 Å². The maximum absolute atomic E-state index is 5.83. The smallest absolute Gasteiger partial charge is 0.151 e. The normalized spacial score (nSPS) is 12.2. The van der Waals surface area contributed by atoms with Crippen LogP contribution in [-0.2, 0) is 5.41 Å². The molecule has 2 aromatic rings. The number of nitrogens with zero attached hydrogens (tertiary/aromatic N) is 3. The second-order valence-electron chi connectivity index (χ2n) is 4.42. The number of anilines is 1. The van der Waals surface area contributed by atoms with Crippen molar-refractivity contribution in [3.05, 3.63) is 24.2 Å². The van der Waals surface area contributed by atoms with Gasteiger partial charge in [0.1, 0.15) is 11.8 Å². The zero-order chi connectivity index (χ0) is 10.3. The second-order valence-corrected chi connectivity index (χ2v) is 4.42. The van der Waals surface area contributed by atoms with E-state index in [0.717, 1.165) is 5.52 Å². The van der Waals surface area contributed by atoms with Crippen LogP contribution in [0.1, 0.15) is 26.3 Å². The lowest BCUT2D eigenvalue weighted by Crippen LogP contribution is -2.12. The zero-order valence-electron chi connectivity index (χ0n) is 8.65. The van der Waals surface area contributed by atoms with Crippen LogP contribution in [0.4, 0.5) is 5.82 Å². The van der Waals surface area contributed by atoms with E-state index in [1.807, 2.05) is 12.3 Å². The lowest BCUT2D eigenvalue weighted by Gasteiger charge is -2.17. The number of nitrogen functional groups attached to an aromatic ring is 1. The number of fused-ring (bicyclic) bond motifs is 1. The minimum atomic E-state index is 0.0631. The average molecular weight is 190 g/mol. The summed E-state index contributed by atoms with van der Waals surface area (Å²) in [5.74, 6) is 0.537. The molecule has 0 saturated carbocycles. The molecule has 4 nitrogen and oxygen atoms in total. The van der Waals surface area contributed by atoms with Gasteiger partial charge in [0.2, 0.25) is 0 Å². The van der Waals surface area contributed by atoms with Crippen LogP contribution >= 0.6 is 0 Å². The number of hydrogen-bond donors (Lipinski definition) is 1. The van der Waals surface area contributed by atoms with Crippen LogP contribution in [-0.4, -0.2) is 14.6 Å². The first-order chi connectivity index (χ1) is 6.50. The van der Waals surface area contributed by atoms with Gasteiger partial charge in [0.15, 0.2) is 5.82 Å². The van der Waals surface area contributed by atoms with E-state index in [4.69, 9.17) is 5.73 Å². The summed E-state index contributed by atoms with van der Waals surface area (Å²) in [5, 5.41) is 4.10. The quantitative estimate of drug-likeness (QED) is 0.686. The molecule has 0 unspecified atom stereocenters. The fourth-order valence-electron chi connectivity index (χ4n) is 1.58. The van der Waals surface area contributed by atoms with Crippen LogP contribution in [0.3, 0.4) is 0 Å². The Balaban J connectivity index is 2.80. The van der Waals surface area contributed by atoms with Gasteiger partial charge < -0.3 is 5.73 Å². The zero-order valence-corrected chi connectivity index (χ0v) is 8.65. The molecule has 74 valence electrons. The average Bonchev–Trinajstić information content (AvgIpc) is 2.47. The third-order valence-electron chi connectivity index (χ3n) is 2.29. The Bertz CT molecular complexity index is 464. The molecule has 0 radical (unpaired) electrons. The summed E-state index contributed by atoms with van der Waals surface area (Å²) >= 11 is 0. The van der Waals surface area contributed by atoms with E-state index in [2.05, 4.69) is 30.9 Å². The Morgan fingerprint density at radius 3 is 2.71 bits per heavy atom. The summed E-state index contributed by atoms with van der Waals surface area (Å²) in [6, 6.07) is 2.04. The molecule has 0 spiro atoms. The Morgan fingerprint density at radius 1 is 1.36 bits per heavy atom. The standard InChI is InChI=1S/C10H14N4/c1-10(2,3)7-4-5-14-8(7)9(11)12-6-13-14/h4-6H,1-3H3,(H2,11,12,13). The van der Waals surface area contributed by atoms with Gasteiger partial charge >= 0.3 is 0 Å². The van der Waals surface area contributed by atoms with E-state index in [1.54, 1.807) is 4.52 Å². The molecule has 0 aliphatic carbocycles. The minimum absolute atomic E-state index is 0.0631. The van der Waals surface area contributed by atoms with Gasteiger partial charge in [-0.3, -0.25) is 0 Å². The first-order valence-electron chi connectivity index (χ1n) is 4.58. The van der Waals surface area contributed by atoms with Crippen molar-refractivity contribution in [3.63, 3.8) is 0 Å². The summed E-state index contributed by atoms with van der Waals surface area (Å²) < 4.78 is 1.77. The number of aromatic nitrogens is 3. The SMILES string of the molecule is CC(C)(C)c1ccn2ncnc(N)c12. The highest BCUT2D eigenvalue weighted by Crippen LogP contribution is 2.28. The predicted octanol–water partition coefficient (Wildman–Crippen LogP) is 1.61. The molecule has 0 aromatic carbocycles. The molecule has 0 atom stereocenters. The molecule has 2 N–H and O–H groups in total. The lowest BCUT2D eigenvalue weighted by molar-refractivity contribution is 0.595. The van der Waals surface area contributed by atoms with Crippen molar-refractivity contribution in [1.29, 1.82) is 0 Å². The minimum Gasteiger partial charge on any atom is -0.382 e. The van der Waals surface area contributed by atoms with Gasteiger partial charge in [-0.05, 0) is 17.0 Å². The van der Waals surface area contributed by atoms with E-state index in [9.17, 15) is 0 Å². The van der Waals surface area contributed by atoms with Crippen molar-refractivity contribution >= 4 is 11.3 Å². The Morgan fingerprint density at radius 2 is 2.07 bits per heavy atom. The lowest BCUT2D eigenvalue weighted by atomic mass is 9.88. The van der Waals surface area contributed by atoms with Crippen molar-refractivity contribution in [3.8, 4) is 0 Å². The summed E-state index contributed by atoms with van der Waals surface area (Å²) in [5.41, 5.74) is 7.98. The molecule has 2 rings (SSSR count). The third-order valence-corrected chi connectivity index (χ3v) is 2.29. The molecular formula is C10H14N4. The maximum Gasteiger partial charge on any atom is 0.151 e. The van der Waals surface area contributed by atoms with Crippen LogP contribution in [0.5, 0.6) is 0 Å². The predicted molar refractivity (Wildman–Crippen MR) is 56.1 cm³/mol. The van der Waals surface area contributed by atoms with Crippen LogP contribution in [0.25, 0.3) is 5.52 Å². The Labute approximate surface area is 82.8 Å². The van der Waals surface area contributed by atoms with Crippen LogP contribution in [0.15, 0.2) is 18.6 Å². The van der Waals surface area contributed by atoms with E-state index < -0.39 is 0 Å². The first-order valence-corrected chi connectivity index (χ1v) is 4.58. The van der Waals surface area contributed by atoms with E-state index in [1.165, 1.54) is 11.9 Å². The topological polar surface area (TPSA) is 56.2 Å². The van der Waals surface area contributed by atoms with Crippen molar-refractivity contribution < 1.29 is 0 Å². The molecule has 0 aliphatic heterocycles. The Hall–Kier alpha value is -1.58. The van der Waals surface area contributed by atoms with Crippen LogP contribution < -0.4 is 5.73 Å². The van der Waals surface area contributed by atoms with Crippen molar-refractivity contribution in [1.82, 2.24) is 14.6 Å². The maximum atomic E-state index is 5.83. The monoisotopic (exact) mass is 190 g/mol. The van der Waals surface area contributed by atoms with Crippen molar-refractivity contribution in [2.24, 2.45) is 0 Å². The third kappa shape index (κ3) is 1.23. The van der Waals surface area contributed by atoms with Crippen LogP contribution in [0, 0.1) is 0 Å². The summed E-state index contributed by atoms with van der Waals surface area (Å²) in [6.07, 6.45) is 3.38. The van der Waals surface area contributed by atoms with Gasteiger partial charge in [-0.15, -0.1) is 0 Å². The van der Waals surface area contributed by atoms with Crippen molar-refractivity contribution in [2.45, 2.75) is 26.2 Å². The highest BCUT2D eigenvalue weighted by Gasteiger charge is 2.19. The van der Waals surface area contributed by atoms with Gasteiger partial charge in [0.05, 0.1) is 0 Å². The van der Waals surface area contributed by atoms with Gasteiger partial charge in [0, 0.05) is 6.20 Å². The fraction of sp³-hybridized carbons (Fsp3) is 0.400. The second kappa shape index (κ2) is 2.70. The molecule has 0 bridgehead atoms. The number of nitrogens with two attached hydrogens (primary N) is 1. The van der Waals surface area contributed by atoms with E-state index in [0.29, 0.717) is 5.82 Å². The molecule has 0 fully saturated rings. The molecule has 0 aliphatic rings. The highest BCUT2D eigenvalue weighted by atomic mass is 15.2. The van der Waals surface area contributed by atoms with Gasteiger partial charge in [-0.25, -0.2) is 9.50 Å². The molecule has 2 aromatic heterocycles. The summed E-state index contributed by atoms with van der Waals surface area (Å²) in [4.78, 5) is 4.00.